The third-order valence-corrected chi connectivity index (χ3v) is 7.29. The fraction of sp³-hybridized carbons (Fsp3) is 0.393. The molecule has 1 aromatic heterocycles. The Morgan fingerprint density at radius 2 is 1.62 bits per heavy atom. The Kier molecular flexibility index (Phi) is 6.22. The van der Waals surface area contributed by atoms with Crippen LogP contribution in [0.5, 0.6) is 0 Å². The maximum atomic E-state index is 12.6. The van der Waals surface area contributed by atoms with Crippen LogP contribution in [0.2, 0.25) is 0 Å². The van der Waals surface area contributed by atoms with Crippen molar-refractivity contribution < 1.29 is 19.1 Å². The lowest BCUT2D eigenvalue weighted by molar-refractivity contribution is 0.0598. The van der Waals surface area contributed by atoms with Crippen molar-refractivity contribution in [1.29, 1.82) is 0 Å². The van der Waals surface area contributed by atoms with E-state index < -0.39 is 0 Å². The van der Waals surface area contributed by atoms with E-state index in [1.165, 1.54) is 55.1 Å². The molecule has 0 spiro atoms. The molecule has 2 amide bonds. The van der Waals surface area contributed by atoms with Crippen LogP contribution < -0.4 is 0 Å². The summed E-state index contributed by atoms with van der Waals surface area (Å²) in [4.78, 5) is 38.7. The average molecular weight is 459 g/mol. The van der Waals surface area contributed by atoms with E-state index in [0.29, 0.717) is 29.2 Å². The summed E-state index contributed by atoms with van der Waals surface area (Å²) in [5.41, 5.74) is 3.96. The standard InChI is InChI=1S/C28H30N2O4/c1-34-28(33)20-13-14-21-24(19-9-3-2-4-10-19)18-29(25(21)17-20)15-7-8-16-30-26(31)22-11-5-6-12-23(22)27(30)32/h5-6,11-14,17-19H,2-4,7-10,15-16H2,1H3. The molecule has 34 heavy (non-hydrogen) atoms. The van der Waals surface area contributed by atoms with Gasteiger partial charge in [0.2, 0.25) is 0 Å². The zero-order chi connectivity index (χ0) is 23.7. The highest BCUT2D eigenvalue weighted by Gasteiger charge is 2.34. The van der Waals surface area contributed by atoms with Crippen molar-refractivity contribution in [3.63, 3.8) is 0 Å². The van der Waals surface area contributed by atoms with Gasteiger partial charge in [-0.1, -0.05) is 37.5 Å². The number of unbranched alkanes of at least 4 members (excludes halogenated alkanes) is 1. The van der Waals surface area contributed by atoms with Gasteiger partial charge < -0.3 is 9.30 Å². The molecule has 2 heterocycles. The number of carbonyl (C=O) groups is 3. The number of benzene rings is 2. The number of amides is 2. The Balaban J connectivity index is 1.32. The molecule has 0 N–H and O–H groups in total. The first-order valence-corrected chi connectivity index (χ1v) is 12.2. The molecule has 1 saturated carbocycles. The van der Waals surface area contributed by atoms with Crippen molar-refractivity contribution in [3.8, 4) is 0 Å². The Morgan fingerprint density at radius 1 is 0.941 bits per heavy atom. The average Bonchev–Trinajstić information content (AvgIpc) is 3.36. The lowest BCUT2D eigenvalue weighted by Gasteiger charge is -2.21. The molecular weight excluding hydrogens is 428 g/mol. The molecule has 0 saturated heterocycles. The predicted molar refractivity (Wildman–Crippen MR) is 130 cm³/mol. The van der Waals surface area contributed by atoms with Crippen LogP contribution in [-0.2, 0) is 11.3 Å². The normalized spacial score (nSPS) is 16.3. The van der Waals surface area contributed by atoms with Crippen molar-refractivity contribution in [2.45, 2.75) is 57.4 Å². The highest BCUT2D eigenvalue weighted by molar-refractivity contribution is 6.21. The van der Waals surface area contributed by atoms with Crippen LogP contribution in [-0.4, -0.2) is 40.9 Å². The van der Waals surface area contributed by atoms with E-state index in [9.17, 15) is 14.4 Å². The predicted octanol–water partition coefficient (Wildman–Crippen LogP) is 5.55. The maximum absolute atomic E-state index is 12.6. The lowest BCUT2D eigenvalue weighted by atomic mass is 9.84. The smallest absolute Gasteiger partial charge is 0.337 e. The Hall–Kier alpha value is -3.41. The van der Waals surface area contributed by atoms with Gasteiger partial charge in [0.05, 0.1) is 23.8 Å². The second kappa shape index (κ2) is 9.45. The van der Waals surface area contributed by atoms with Gasteiger partial charge in [-0.25, -0.2) is 4.79 Å². The first kappa shape index (κ1) is 22.4. The van der Waals surface area contributed by atoms with Crippen LogP contribution in [0.1, 0.15) is 87.5 Å². The number of rotatable bonds is 7. The summed E-state index contributed by atoms with van der Waals surface area (Å²) in [6, 6.07) is 12.8. The third kappa shape index (κ3) is 4.02. The first-order valence-electron chi connectivity index (χ1n) is 12.2. The summed E-state index contributed by atoms with van der Waals surface area (Å²) in [6.45, 7) is 1.17. The van der Waals surface area contributed by atoms with E-state index in [-0.39, 0.29) is 17.8 Å². The number of imide groups is 1. The second-order valence-electron chi connectivity index (χ2n) is 9.35. The Morgan fingerprint density at radius 3 is 2.29 bits per heavy atom. The molecular formula is C28H30N2O4. The van der Waals surface area contributed by atoms with Gasteiger partial charge in [0.1, 0.15) is 0 Å². The SMILES string of the molecule is COC(=O)c1ccc2c(C3CCCCC3)cn(CCCCN3C(=O)c4ccccc4C3=O)c2c1. The molecule has 5 rings (SSSR count). The number of carbonyl (C=O) groups excluding carboxylic acids is 3. The number of fused-ring (bicyclic) bond motifs is 2. The number of hydrogen-bond donors (Lipinski definition) is 0. The summed E-state index contributed by atoms with van der Waals surface area (Å²) >= 11 is 0. The Bertz CT molecular complexity index is 1220. The Labute approximate surface area is 199 Å². The zero-order valence-corrected chi connectivity index (χ0v) is 19.6. The van der Waals surface area contributed by atoms with E-state index >= 15 is 0 Å². The van der Waals surface area contributed by atoms with Gasteiger partial charge in [-0.15, -0.1) is 0 Å². The molecule has 0 bridgehead atoms. The minimum atomic E-state index is -0.334. The van der Waals surface area contributed by atoms with Gasteiger partial charge in [-0.05, 0) is 61.4 Å². The highest BCUT2D eigenvalue weighted by Crippen LogP contribution is 2.38. The number of esters is 1. The van der Waals surface area contributed by atoms with Crippen LogP contribution in [0.4, 0.5) is 0 Å². The van der Waals surface area contributed by atoms with Crippen molar-refractivity contribution in [2.24, 2.45) is 0 Å². The molecule has 1 fully saturated rings. The van der Waals surface area contributed by atoms with E-state index in [4.69, 9.17) is 4.74 Å². The summed E-state index contributed by atoms with van der Waals surface area (Å²) in [7, 11) is 1.40. The molecule has 6 nitrogen and oxygen atoms in total. The molecule has 2 aromatic carbocycles. The maximum Gasteiger partial charge on any atom is 0.337 e. The van der Waals surface area contributed by atoms with Crippen molar-refractivity contribution >= 4 is 28.7 Å². The van der Waals surface area contributed by atoms with Crippen molar-refractivity contribution in [1.82, 2.24) is 9.47 Å². The highest BCUT2D eigenvalue weighted by atomic mass is 16.5. The summed E-state index contributed by atoms with van der Waals surface area (Å²) in [5, 5.41) is 1.21. The van der Waals surface area contributed by atoms with Crippen LogP contribution in [0, 0.1) is 0 Å². The number of nitrogens with zero attached hydrogens (tertiary/aromatic N) is 2. The fourth-order valence-corrected chi connectivity index (χ4v) is 5.48. The quantitative estimate of drug-likeness (QED) is 0.264. The lowest BCUT2D eigenvalue weighted by Crippen LogP contribution is -2.30. The molecule has 3 aromatic rings. The van der Waals surface area contributed by atoms with E-state index in [2.05, 4.69) is 16.8 Å². The van der Waals surface area contributed by atoms with Gasteiger partial charge in [-0.3, -0.25) is 14.5 Å². The number of ether oxygens (including phenoxy) is 1. The molecule has 1 aliphatic carbocycles. The largest absolute Gasteiger partial charge is 0.465 e. The minimum Gasteiger partial charge on any atom is -0.465 e. The molecule has 176 valence electrons. The van der Waals surface area contributed by atoms with Crippen LogP contribution in [0.15, 0.2) is 48.7 Å². The van der Waals surface area contributed by atoms with Crippen LogP contribution in [0.25, 0.3) is 10.9 Å². The monoisotopic (exact) mass is 458 g/mol. The molecule has 0 atom stereocenters. The summed E-state index contributed by atoms with van der Waals surface area (Å²) in [5.74, 6) is -0.178. The molecule has 1 aliphatic heterocycles. The topological polar surface area (TPSA) is 68.6 Å². The molecule has 2 aliphatic rings. The van der Waals surface area contributed by atoms with Crippen molar-refractivity contribution in [2.75, 3.05) is 13.7 Å². The van der Waals surface area contributed by atoms with Gasteiger partial charge in [0, 0.05) is 30.2 Å². The van der Waals surface area contributed by atoms with E-state index in [1.807, 2.05) is 12.1 Å². The molecule has 6 heteroatoms. The van der Waals surface area contributed by atoms with Gasteiger partial charge in [0.25, 0.3) is 11.8 Å². The summed E-state index contributed by atoms with van der Waals surface area (Å²) < 4.78 is 7.16. The number of aryl methyl sites for hydroxylation is 1. The van der Waals surface area contributed by atoms with Gasteiger partial charge >= 0.3 is 5.97 Å². The van der Waals surface area contributed by atoms with Crippen LogP contribution in [0.3, 0.4) is 0 Å². The molecule has 0 unspecified atom stereocenters. The first-order chi connectivity index (χ1) is 16.6. The van der Waals surface area contributed by atoms with Gasteiger partial charge in [0.15, 0.2) is 0 Å². The van der Waals surface area contributed by atoms with E-state index in [0.717, 1.165) is 24.9 Å². The minimum absolute atomic E-state index is 0.200. The van der Waals surface area contributed by atoms with Crippen LogP contribution >= 0.6 is 0 Å². The summed E-state index contributed by atoms with van der Waals surface area (Å²) in [6.07, 6.45) is 10.0. The zero-order valence-electron chi connectivity index (χ0n) is 19.6. The molecule has 0 radical (unpaired) electrons. The number of aromatic nitrogens is 1. The number of methoxy groups -OCH3 is 1. The fourth-order valence-electron chi connectivity index (χ4n) is 5.48. The van der Waals surface area contributed by atoms with E-state index in [1.54, 1.807) is 24.3 Å². The van der Waals surface area contributed by atoms with Crippen molar-refractivity contribution in [3.05, 3.63) is 70.9 Å². The third-order valence-electron chi connectivity index (χ3n) is 7.29. The second-order valence-corrected chi connectivity index (χ2v) is 9.35. The van der Waals surface area contributed by atoms with Gasteiger partial charge in [-0.2, -0.15) is 0 Å². The number of hydrogen-bond acceptors (Lipinski definition) is 4.